The van der Waals surface area contributed by atoms with Crippen molar-refractivity contribution in [3.8, 4) is 0 Å². The molecule has 2 aliphatic heterocycles. The van der Waals surface area contributed by atoms with Crippen molar-refractivity contribution in [2.24, 2.45) is 5.41 Å². The second-order valence-electron chi connectivity index (χ2n) is 9.81. The van der Waals surface area contributed by atoms with Crippen LogP contribution in [0.3, 0.4) is 0 Å². The number of aliphatic hydroxyl groups excluding tert-OH is 1. The molecule has 0 amide bonds. The molecule has 0 bridgehead atoms. The molecule has 1 aromatic heterocycles. The van der Waals surface area contributed by atoms with E-state index in [4.69, 9.17) is 4.98 Å². The van der Waals surface area contributed by atoms with Crippen LogP contribution >= 0.6 is 10.6 Å². The standard InChI is InChI=1S/C25H31N3O3S/c1-17-8-9-20-19(12-17)21(28-15-23(29)25(2,3)16-28)13-24(26-20)27-10-11-32(30,31)22-7-5-4-6-18(22)14-27/h4-9,12-13,23,29-31H,10-11,14-16H2,1-3H3/t23-/m0/s1. The van der Waals surface area contributed by atoms with Gasteiger partial charge in [-0.05, 0) is 30.7 Å². The van der Waals surface area contributed by atoms with Crippen LogP contribution in [0.5, 0.6) is 0 Å². The fourth-order valence-electron chi connectivity index (χ4n) is 4.81. The number of aliphatic hydroxyl groups is 1. The summed E-state index contributed by atoms with van der Waals surface area (Å²) in [6.45, 7) is 8.72. The predicted molar refractivity (Wildman–Crippen MR) is 132 cm³/mol. The normalized spacial score (nSPS) is 23.1. The zero-order valence-corrected chi connectivity index (χ0v) is 19.6. The fourth-order valence-corrected chi connectivity index (χ4v) is 6.36. The number of hydrogen-bond donors (Lipinski definition) is 3. The van der Waals surface area contributed by atoms with E-state index < -0.39 is 16.7 Å². The highest BCUT2D eigenvalue weighted by atomic mass is 32.3. The molecule has 0 aliphatic carbocycles. The lowest BCUT2D eigenvalue weighted by Crippen LogP contribution is -2.27. The molecular formula is C25H31N3O3S. The summed E-state index contributed by atoms with van der Waals surface area (Å²) in [4.78, 5) is 10.0. The molecule has 1 fully saturated rings. The summed E-state index contributed by atoms with van der Waals surface area (Å²) in [7, 11) is -2.83. The van der Waals surface area contributed by atoms with Gasteiger partial charge in [0, 0.05) is 48.7 Å². The van der Waals surface area contributed by atoms with Crippen LogP contribution < -0.4 is 9.80 Å². The van der Waals surface area contributed by atoms with Gasteiger partial charge in [-0.25, -0.2) is 4.98 Å². The molecule has 6 nitrogen and oxygen atoms in total. The van der Waals surface area contributed by atoms with E-state index in [9.17, 15) is 14.2 Å². The Morgan fingerprint density at radius 2 is 1.84 bits per heavy atom. The highest BCUT2D eigenvalue weighted by Crippen LogP contribution is 2.51. The van der Waals surface area contributed by atoms with Crippen LogP contribution in [0.25, 0.3) is 10.9 Å². The number of rotatable bonds is 2. The van der Waals surface area contributed by atoms with Crippen LogP contribution in [0.1, 0.15) is 25.0 Å². The van der Waals surface area contributed by atoms with Gasteiger partial charge in [-0.15, -0.1) is 0 Å². The number of benzene rings is 2. The molecule has 3 N–H and O–H groups in total. The molecule has 1 atom stereocenters. The molecule has 0 saturated carbocycles. The maximum absolute atomic E-state index is 10.7. The summed E-state index contributed by atoms with van der Waals surface area (Å²) >= 11 is 0. The minimum atomic E-state index is -2.83. The molecular weight excluding hydrogens is 422 g/mol. The van der Waals surface area contributed by atoms with Crippen molar-refractivity contribution < 1.29 is 14.2 Å². The highest BCUT2D eigenvalue weighted by molar-refractivity contribution is 8.24. The number of aromatic nitrogens is 1. The lowest BCUT2D eigenvalue weighted by molar-refractivity contribution is 0.0964. The SMILES string of the molecule is Cc1ccc2nc(N3CCS(O)(O)c4ccccc4C3)cc(N3C[C@H](O)C(C)(C)C3)c2c1. The van der Waals surface area contributed by atoms with Crippen molar-refractivity contribution in [1.29, 1.82) is 0 Å². The number of pyridine rings is 1. The van der Waals surface area contributed by atoms with Gasteiger partial charge in [0.2, 0.25) is 0 Å². The first-order chi connectivity index (χ1) is 15.1. The van der Waals surface area contributed by atoms with E-state index in [-0.39, 0.29) is 11.2 Å². The van der Waals surface area contributed by atoms with Crippen molar-refractivity contribution in [3.05, 3.63) is 59.7 Å². The average molecular weight is 454 g/mol. The van der Waals surface area contributed by atoms with Gasteiger partial charge >= 0.3 is 0 Å². The smallest absolute Gasteiger partial charge is 0.131 e. The Morgan fingerprint density at radius 1 is 1.06 bits per heavy atom. The fraction of sp³-hybridized carbons (Fsp3) is 0.400. The Hall–Kier alpha value is -2.32. The average Bonchev–Trinajstić information content (AvgIpc) is 2.94. The number of fused-ring (bicyclic) bond motifs is 2. The molecule has 170 valence electrons. The molecule has 3 heterocycles. The van der Waals surface area contributed by atoms with Crippen molar-refractivity contribution in [3.63, 3.8) is 0 Å². The molecule has 5 rings (SSSR count). The Kier molecular flexibility index (Phi) is 5.13. The van der Waals surface area contributed by atoms with Gasteiger partial charge in [-0.1, -0.05) is 43.7 Å². The van der Waals surface area contributed by atoms with E-state index in [0.717, 1.165) is 34.5 Å². The van der Waals surface area contributed by atoms with E-state index in [1.165, 1.54) is 5.56 Å². The van der Waals surface area contributed by atoms with Crippen molar-refractivity contribution in [2.75, 3.05) is 35.2 Å². The maximum Gasteiger partial charge on any atom is 0.131 e. The van der Waals surface area contributed by atoms with Crippen LogP contribution in [0.2, 0.25) is 0 Å². The summed E-state index contributed by atoms with van der Waals surface area (Å²) in [5.41, 5.74) is 3.90. The Labute approximate surface area is 190 Å². The predicted octanol–water partition coefficient (Wildman–Crippen LogP) is 4.88. The van der Waals surface area contributed by atoms with Crippen molar-refractivity contribution in [2.45, 2.75) is 38.3 Å². The van der Waals surface area contributed by atoms with Gasteiger partial charge in [0.05, 0.1) is 22.3 Å². The maximum atomic E-state index is 10.7. The lowest BCUT2D eigenvalue weighted by Gasteiger charge is -2.32. The second kappa shape index (κ2) is 7.63. The summed E-state index contributed by atoms with van der Waals surface area (Å²) in [5.74, 6) is 1.10. The molecule has 1 saturated heterocycles. The Morgan fingerprint density at radius 3 is 2.59 bits per heavy atom. The van der Waals surface area contributed by atoms with Gasteiger partial charge in [0.25, 0.3) is 0 Å². The summed E-state index contributed by atoms with van der Waals surface area (Å²) in [6.07, 6.45) is -0.392. The van der Waals surface area contributed by atoms with Crippen molar-refractivity contribution in [1.82, 2.24) is 4.98 Å². The van der Waals surface area contributed by atoms with E-state index in [1.807, 2.05) is 24.3 Å². The number of β-amino-alcohol motifs (C(OH)–C–C–N with tert-alkyl or cyclic N) is 1. The highest BCUT2D eigenvalue weighted by Gasteiger charge is 2.39. The minimum Gasteiger partial charge on any atom is -0.391 e. The monoisotopic (exact) mass is 453 g/mol. The van der Waals surface area contributed by atoms with E-state index in [0.29, 0.717) is 24.5 Å². The third kappa shape index (κ3) is 3.73. The van der Waals surface area contributed by atoms with E-state index >= 15 is 0 Å². The number of hydrogen-bond acceptors (Lipinski definition) is 6. The molecule has 3 aromatic rings. The second-order valence-corrected chi connectivity index (χ2v) is 12.0. The first kappa shape index (κ1) is 21.5. The van der Waals surface area contributed by atoms with Gasteiger partial charge in [0.1, 0.15) is 5.82 Å². The Bertz CT molecular complexity index is 1180. The van der Waals surface area contributed by atoms with Crippen LogP contribution in [-0.2, 0) is 6.54 Å². The zero-order valence-electron chi connectivity index (χ0n) is 18.8. The number of anilines is 2. The lowest BCUT2D eigenvalue weighted by atomic mass is 9.90. The van der Waals surface area contributed by atoms with Gasteiger partial charge in [-0.3, -0.25) is 9.11 Å². The molecule has 0 unspecified atom stereocenters. The summed E-state index contributed by atoms with van der Waals surface area (Å²) < 4.78 is 21.5. The summed E-state index contributed by atoms with van der Waals surface area (Å²) in [6, 6.07) is 16.0. The first-order valence-corrected chi connectivity index (χ1v) is 12.8. The van der Waals surface area contributed by atoms with Crippen LogP contribution in [0.15, 0.2) is 53.4 Å². The quantitative estimate of drug-likeness (QED) is 0.513. The van der Waals surface area contributed by atoms with E-state index in [2.05, 4.69) is 54.8 Å². The molecule has 32 heavy (non-hydrogen) atoms. The Balaban J connectivity index is 1.61. The molecule has 0 radical (unpaired) electrons. The van der Waals surface area contributed by atoms with Crippen LogP contribution in [0, 0.1) is 12.3 Å². The van der Waals surface area contributed by atoms with Crippen LogP contribution in [0.4, 0.5) is 11.5 Å². The van der Waals surface area contributed by atoms with Gasteiger partial charge < -0.3 is 14.9 Å². The molecule has 0 spiro atoms. The van der Waals surface area contributed by atoms with Crippen LogP contribution in [-0.4, -0.2) is 50.7 Å². The van der Waals surface area contributed by atoms with Crippen molar-refractivity contribution >= 4 is 33.0 Å². The largest absolute Gasteiger partial charge is 0.391 e. The number of nitrogens with zero attached hydrogens (tertiary/aromatic N) is 3. The van der Waals surface area contributed by atoms with E-state index in [1.54, 1.807) is 0 Å². The van der Waals surface area contributed by atoms with Gasteiger partial charge in [0.15, 0.2) is 0 Å². The molecule has 2 aliphatic rings. The van der Waals surface area contributed by atoms with Gasteiger partial charge in [-0.2, -0.15) is 10.6 Å². The third-order valence-corrected chi connectivity index (χ3v) is 8.67. The topological polar surface area (TPSA) is 80.1 Å². The summed E-state index contributed by atoms with van der Waals surface area (Å²) in [5, 5.41) is 11.7. The first-order valence-electron chi connectivity index (χ1n) is 11.1. The third-order valence-electron chi connectivity index (χ3n) is 6.82. The zero-order chi connectivity index (χ0) is 22.7. The number of aryl methyl sites for hydroxylation is 1. The molecule has 7 heteroatoms. The molecule has 2 aromatic carbocycles. The minimum absolute atomic E-state index is 0.183.